The number of esters is 2. The van der Waals surface area contributed by atoms with Crippen molar-refractivity contribution in [2.75, 3.05) is 19.1 Å². The lowest BCUT2D eigenvalue weighted by Crippen LogP contribution is -2.52. The molecule has 2 saturated carbocycles. The zero-order chi connectivity index (χ0) is 22.4. The van der Waals surface area contributed by atoms with Crippen LogP contribution >= 0.6 is 11.6 Å². The molecule has 0 spiro atoms. The second-order valence-corrected chi connectivity index (χ2v) is 8.82. The minimum absolute atomic E-state index is 0.117. The second-order valence-electron chi connectivity index (χ2n) is 8.56. The van der Waals surface area contributed by atoms with Gasteiger partial charge >= 0.3 is 11.9 Å². The maximum atomic E-state index is 12.8. The lowest BCUT2D eigenvalue weighted by molar-refractivity contribution is -0.184. The van der Waals surface area contributed by atoms with Crippen LogP contribution in [-0.2, 0) is 23.8 Å². The number of ether oxygens (including phenoxy) is 3. The van der Waals surface area contributed by atoms with Gasteiger partial charge in [0, 0.05) is 24.5 Å². The average molecular weight is 445 g/mol. The van der Waals surface area contributed by atoms with E-state index in [2.05, 4.69) is 13.2 Å². The standard InChI is InChI=1S/C21H29ClO8/c1-5-28-20(4,9-23)19(26)29-13-6-10(2)12-7-14(24)21(27,8-22)16(12)17-15(13)11(3)18(25)30-17/h12-17,23-24,27H,2-3,5-9H2,1,4H3/t12-,13-,14+,15+,16-,17-,20+,21+/m0/s1. The Hall–Kier alpha value is -1.45. The van der Waals surface area contributed by atoms with E-state index < -0.39 is 59.9 Å². The summed E-state index contributed by atoms with van der Waals surface area (Å²) in [6.07, 6.45) is -2.47. The number of carbonyl (C=O) groups excluding carboxylic acids is 2. The number of hydrogen-bond donors (Lipinski definition) is 3. The first-order valence-corrected chi connectivity index (χ1v) is 10.6. The molecule has 3 N–H and O–H groups in total. The summed E-state index contributed by atoms with van der Waals surface area (Å²) in [6, 6.07) is 0. The van der Waals surface area contributed by atoms with Gasteiger partial charge in [-0.15, -0.1) is 11.6 Å². The SMILES string of the molecule is C=C1C(=O)O[C@H]2[C@H]1[C@@H](OC(=O)[C@@](C)(CO)OCC)CC(=C)[C@@H]1C[C@@H](O)[C@](O)(CCl)[C@H]21. The summed E-state index contributed by atoms with van der Waals surface area (Å²) in [6.45, 7) is 10.6. The number of rotatable bonds is 6. The summed E-state index contributed by atoms with van der Waals surface area (Å²) in [5.74, 6) is -3.54. The molecular weight excluding hydrogens is 416 g/mol. The molecule has 1 aliphatic heterocycles. The van der Waals surface area contributed by atoms with Crippen molar-refractivity contribution in [2.24, 2.45) is 17.8 Å². The van der Waals surface area contributed by atoms with Gasteiger partial charge in [-0.05, 0) is 26.2 Å². The number of alkyl halides is 1. The Morgan fingerprint density at radius 3 is 2.67 bits per heavy atom. The van der Waals surface area contributed by atoms with Crippen LogP contribution in [0.3, 0.4) is 0 Å². The highest BCUT2D eigenvalue weighted by molar-refractivity contribution is 6.18. The van der Waals surface area contributed by atoms with Crippen molar-refractivity contribution in [1.29, 1.82) is 0 Å². The predicted molar refractivity (Wildman–Crippen MR) is 107 cm³/mol. The molecule has 0 radical (unpaired) electrons. The predicted octanol–water partition coefficient (Wildman–Crippen LogP) is 0.710. The molecule has 9 heteroatoms. The van der Waals surface area contributed by atoms with Crippen molar-refractivity contribution in [2.45, 2.75) is 56.2 Å². The van der Waals surface area contributed by atoms with Crippen molar-refractivity contribution in [3.8, 4) is 0 Å². The Morgan fingerprint density at radius 2 is 2.10 bits per heavy atom. The van der Waals surface area contributed by atoms with E-state index in [0.29, 0.717) is 5.57 Å². The molecule has 1 saturated heterocycles. The van der Waals surface area contributed by atoms with Gasteiger partial charge in [-0.3, -0.25) is 0 Å². The van der Waals surface area contributed by atoms with Gasteiger partial charge in [-0.1, -0.05) is 18.7 Å². The van der Waals surface area contributed by atoms with Crippen LogP contribution in [0.5, 0.6) is 0 Å². The van der Waals surface area contributed by atoms with E-state index in [1.807, 2.05) is 0 Å². The van der Waals surface area contributed by atoms with Crippen LogP contribution in [0.1, 0.15) is 26.7 Å². The number of carbonyl (C=O) groups is 2. The smallest absolute Gasteiger partial charge is 0.340 e. The summed E-state index contributed by atoms with van der Waals surface area (Å²) in [7, 11) is 0. The first kappa shape index (κ1) is 23.2. The Labute approximate surface area is 180 Å². The summed E-state index contributed by atoms with van der Waals surface area (Å²) >= 11 is 6.03. The molecule has 168 valence electrons. The molecule has 0 bridgehead atoms. The van der Waals surface area contributed by atoms with E-state index in [-0.39, 0.29) is 36.8 Å². The number of aliphatic hydroxyl groups is 3. The van der Waals surface area contributed by atoms with Crippen molar-refractivity contribution in [3.63, 3.8) is 0 Å². The molecule has 8 atom stereocenters. The van der Waals surface area contributed by atoms with Crippen LogP contribution < -0.4 is 0 Å². The van der Waals surface area contributed by atoms with Gasteiger partial charge in [-0.2, -0.15) is 0 Å². The van der Waals surface area contributed by atoms with Gasteiger partial charge in [0.1, 0.15) is 17.8 Å². The lowest BCUT2D eigenvalue weighted by Gasteiger charge is -2.37. The van der Waals surface area contributed by atoms with Gasteiger partial charge in [0.05, 0.1) is 24.5 Å². The third-order valence-corrected chi connectivity index (χ3v) is 7.17. The van der Waals surface area contributed by atoms with Gasteiger partial charge in [0.25, 0.3) is 0 Å². The molecule has 0 aromatic rings. The topological polar surface area (TPSA) is 123 Å². The van der Waals surface area contributed by atoms with Gasteiger partial charge in [-0.25, -0.2) is 9.59 Å². The van der Waals surface area contributed by atoms with E-state index in [0.717, 1.165) is 0 Å². The molecule has 0 aromatic carbocycles. The molecule has 3 aliphatic rings. The van der Waals surface area contributed by atoms with Crippen molar-refractivity contribution >= 4 is 23.5 Å². The average Bonchev–Trinajstić information content (AvgIpc) is 3.10. The number of aliphatic hydroxyl groups excluding tert-OH is 2. The fourth-order valence-corrected chi connectivity index (χ4v) is 5.37. The van der Waals surface area contributed by atoms with Gasteiger partial charge in [0.2, 0.25) is 0 Å². The van der Waals surface area contributed by atoms with Gasteiger partial charge < -0.3 is 29.5 Å². The first-order valence-electron chi connectivity index (χ1n) is 10.0. The van der Waals surface area contributed by atoms with Crippen LogP contribution in [0.4, 0.5) is 0 Å². The molecule has 0 unspecified atom stereocenters. The van der Waals surface area contributed by atoms with Crippen molar-refractivity contribution in [1.82, 2.24) is 0 Å². The highest BCUT2D eigenvalue weighted by Gasteiger charge is 2.64. The fourth-order valence-electron chi connectivity index (χ4n) is 5.02. The lowest BCUT2D eigenvalue weighted by atomic mass is 9.76. The molecule has 3 rings (SSSR count). The second kappa shape index (κ2) is 8.24. The third kappa shape index (κ3) is 3.48. The van der Waals surface area contributed by atoms with E-state index in [1.54, 1.807) is 6.92 Å². The third-order valence-electron chi connectivity index (χ3n) is 6.74. The van der Waals surface area contributed by atoms with Crippen LogP contribution in [0, 0.1) is 17.8 Å². The van der Waals surface area contributed by atoms with E-state index in [4.69, 9.17) is 25.8 Å². The molecule has 0 amide bonds. The molecule has 0 aromatic heterocycles. The minimum Gasteiger partial charge on any atom is -0.459 e. The summed E-state index contributed by atoms with van der Waals surface area (Å²) in [5, 5.41) is 31.3. The van der Waals surface area contributed by atoms with E-state index >= 15 is 0 Å². The maximum absolute atomic E-state index is 12.8. The molecule has 1 heterocycles. The van der Waals surface area contributed by atoms with Crippen LogP contribution in [0.15, 0.2) is 24.3 Å². The van der Waals surface area contributed by atoms with Crippen LogP contribution in [0.2, 0.25) is 0 Å². The Bertz CT molecular complexity index is 753. The summed E-state index contributed by atoms with van der Waals surface area (Å²) in [4.78, 5) is 25.2. The molecule has 3 fully saturated rings. The zero-order valence-corrected chi connectivity index (χ0v) is 17.9. The van der Waals surface area contributed by atoms with E-state index in [1.165, 1.54) is 6.92 Å². The largest absolute Gasteiger partial charge is 0.459 e. The number of halogens is 1. The normalized spacial score (nSPS) is 40.3. The zero-order valence-electron chi connectivity index (χ0n) is 17.2. The van der Waals surface area contributed by atoms with Crippen LogP contribution in [-0.4, -0.2) is 75.9 Å². The Morgan fingerprint density at radius 1 is 1.43 bits per heavy atom. The van der Waals surface area contributed by atoms with Gasteiger partial charge in [0.15, 0.2) is 5.60 Å². The fraction of sp³-hybridized carbons (Fsp3) is 0.714. The summed E-state index contributed by atoms with van der Waals surface area (Å²) in [5.41, 5.74) is -2.48. The van der Waals surface area contributed by atoms with E-state index in [9.17, 15) is 24.9 Å². The molecule has 8 nitrogen and oxygen atoms in total. The maximum Gasteiger partial charge on any atom is 0.340 e. The molecule has 2 aliphatic carbocycles. The minimum atomic E-state index is -1.69. The quantitative estimate of drug-likeness (QED) is 0.237. The molecule has 30 heavy (non-hydrogen) atoms. The Kier molecular flexibility index (Phi) is 6.38. The highest BCUT2D eigenvalue weighted by atomic mass is 35.5. The Balaban J connectivity index is 1.98. The van der Waals surface area contributed by atoms with Crippen LogP contribution in [0.25, 0.3) is 0 Å². The number of fused-ring (bicyclic) bond motifs is 3. The first-order chi connectivity index (χ1) is 14.0. The highest BCUT2D eigenvalue weighted by Crippen LogP contribution is 2.55. The summed E-state index contributed by atoms with van der Waals surface area (Å²) < 4.78 is 16.7. The molecular formula is C21H29ClO8. The number of hydrogen-bond acceptors (Lipinski definition) is 8. The van der Waals surface area contributed by atoms with Crippen molar-refractivity contribution in [3.05, 3.63) is 24.3 Å². The monoisotopic (exact) mass is 444 g/mol. The van der Waals surface area contributed by atoms with Crippen molar-refractivity contribution < 1.29 is 39.1 Å².